The molecule has 5 heteroatoms. The lowest BCUT2D eigenvalue weighted by atomic mass is 10.0. The van der Waals surface area contributed by atoms with Crippen LogP contribution in [0.4, 0.5) is 5.69 Å². The predicted octanol–water partition coefficient (Wildman–Crippen LogP) is 3.79. The van der Waals surface area contributed by atoms with Gasteiger partial charge in [-0.05, 0) is 31.6 Å². The van der Waals surface area contributed by atoms with Gasteiger partial charge >= 0.3 is 0 Å². The van der Waals surface area contributed by atoms with E-state index in [1.807, 2.05) is 13.8 Å². The summed E-state index contributed by atoms with van der Waals surface area (Å²) in [5, 5.41) is 7.70. The van der Waals surface area contributed by atoms with Gasteiger partial charge in [0.15, 0.2) is 0 Å². The van der Waals surface area contributed by atoms with E-state index < -0.39 is 0 Å². The second-order valence-electron chi connectivity index (χ2n) is 6.27. The quantitative estimate of drug-likeness (QED) is 0.833. The molecule has 0 saturated carbocycles. The Morgan fingerprint density at radius 1 is 1.20 bits per heavy atom. The minimum atomic E-state index is -0.221. The van der Waals surface area contributed by atoms with Crippen molar-refractivity contribution in [1.82, 2.24) is 9.78 Å². The topological polar surface area (TPSA) is 46.9 Å². The van der Waals surface area contributed by atoms with Crippen LogP contribution in [0, 0.1) is 11.8 Å². The summed E-state index contributed by atoms with van der Waals surface area (Å²) in [5.74, 6) is 1.03. The first-order valence-electron chi connectivity index (χ1n) is 7.33. The van der Waals surface area contributed by atoms with Crippen LogP contribution >= 0.6 is 11.6 Å². The lowest BCUT2D eigenvalue weighted by Crippen LogP contribution is -2.27. The van der Waals surface area contributed by atoms with E-state index in [0.29, 0.717) is 24.1 Å². The second-order valence-corrected chi connectivity index (χ2v) is 6.65. The monoisotopic (exact) mass is 299 g/mol. The Balaban J connectivity index is 2.77. The molecule has 0 bridgehead atoms. The summed E-state index contributed by atoms with van der Waals surface area (Å²) in [5.41, 5.74) is 0.411. The Labute approximate surface area is 126 Å². The van der Waals surface area contributed by atoms with Gasteiger partial charge in [-0.15, -0.1) is 0 Å². The summed E-state index contributed by atoms with van der Waals surface area (Å²) >= 11 is 6.15. The average molecular weight is 300 g/mol. The van der Waals surface area contributed by atoms with Gasteiger partial charge in [0.1, 0.15) is 5.02 Å². The zero-order valence-corrected chi connectivity index (χ0v) is 13.9. The predicted molar refractivity (Wildman–Crippen MR) is 85.5 cm³/mol. The normalized spacial score (nSPS) is 13.0. The second kappa shape index (κ2) is 7.67. The maximum Gasteiger partial charge on any atom is 0.287 e. The molecule has 0 spiro atoms. The lowest BCUT2D eigenvalue weighted by molar-refractivity contribution is 0.463. The third kappa shape index (κ3) is 5.16. The number of nitrogens with one attached hydrogen (secondary N) is 1. The van der Waals surface area contributed by atoms with Crippen LogP contribution in [-0.2, 0) is 6.54 Å². The fraction of sp³-hybridized carbons (Fsp3) is 0.733. The maximum atomic E-state index is 12.1. The summed E-state index contributed by atoms with van der Waals surface area (Å²) in [7, 11) is 0. The summed E-state index contributed by atoms with van der Waals surface area (Å²) in [4.78, 5) is 12.1. The van der Waals surface area contributed by atoms with Crippen LogP contribution in [0.3, 0.4) is 0 Å². The Hall–Kier alpha value is -1.03. The first kappa shape index (κ1) is 17.0. The van der Waals surface area contributed by atoms with E-state index in [1.165, 1.54) is 4.68 Å². The number of anilines is 1. The molecule has 0 saturated heterocycles. The van der Waals surface area contributed by atoms with Crippen molar-refractivity contribution in [1.29, 1.82) is 0 Å². The fourth-order valence-electron chi connectivity index (χ4n) is 1.96. The van der Waals surface area contributed by atoms with Gasteiger partial charge in [-0.3, -0.25) is 4.79 Å². The largest absolute Gasteiger partial charge is 0.380 e. The molecule has 1 aromatic rings. The van der Waals surface area contributed by atoms with Gasteiger partial charge in [0.25, 0.3) is 5.56 Å². The van der Waals surface area contributed by atoms with E-state index in [4.69, 9.17) is 11.6 Å². The number of nitrogens with zero attached hydrogens (tertiary/aromatic N) is 2. The summed E-state index contributed by atoms with van der Waals surface area (Å²) in [6.45, 7) is 11.2. The molecule has 1 N–H and O–H groups in total. The molecule has 0 fully saturated rings. The molecular weight excluding hydrogens is 274 g/mol. The van der Waals surface area contributed by atoms with E-state index >= 15 is 0 Å². The minimum absolute atomic E-state index is 0.221. The minimum Gasteiger partial charge on any atom is -0.380 e. The summed E-state index contributed by atoms with van der Waals surface area (Å²) in [6.07, 6.45) is 3.84. The van der Waals surface area contributed by atoms with Crippen LogP contribution in [0.5, 0.6) is 0 Å². The molecule has 114 valence electrons. The van der Waals surface area contributed by atoms with E-state index in [-0.39, 0.29) is 16.6 Å². The fourth-order valence-corrected chi connectivity index (χ4v) is 2.16. The Morgan fingerprint density at radius 3 is 2.40 bits per heavy atom. The molecule has 0 aliphatic carbocycles. The highest BCUT2D eigenvalue weighted by Gasteiger charge is 2.12. The van der Waals surface area contributed by atoms with Crippen molar-refractivity contribution in [3.63, 3.8) is 0 Å². The zero-order valence-electron chi connectivity index (χ0n) is 13.1. The number of hydrogen-bond acceptors (Lipinski definition) is 3. The highest BCUT2D eigenvalue weighted by atomic mass is 35.5. The van der Waals surface area contributed by atoms with Gasteiger partial charge < -0.3 is 5.32 Å². The van der Waals surface area contributed by atoms with Crippen molar-refractivity contribution in [3.05, 3.63) is 21.6 Å². The molecule has 0 aliphatic rings. The standard InChI is InChI=1S/C15H26ClN3O/c1-10(2)6-7-12(5)18-13-8-17-19(9-11(3)4)15(20)14(13)16/h8,10-12,18H,6-7,9H2,1-5H3. The average Bonchev–Trinajstić information content (AvgIpc) is 2.35. The third-order valence-electron chi connectivity index (χ3n) is 3.10. The first-order chi connectivity index (χ1) is 9.31. The number of halogens is 1. The Bertz CT molecular complexity index is 482. The first-order valence-corrected chi connectivity index (χ1v) is 7.71. The highest BCUT2D eigenvalue weighted by Crippen LogP contribution is 2.18. The van der Waals surface area contributed by atoms with E-state index in [2.05, 4.69) is 31.2 Å². The van der Waals surface area contributed by atoms with E-state index in [0.717, 1.165) is 12.8 Å². The summed E-state index contributed by atoms with van der Waals surface area (Å²) < 4.78 is 1.43. The maximum absolute atomic E-state index is 12.1. The van der Waals surface area contributed by atoms with Crippen molar-refractivity contribution in [3.8, 4) is 0 Å². The molecule has 0 radical (unpaired) electrons. The molecule has 4 nitrogen and oxygen atoms in total. The molecule has 0 aliphatic heterocycles. The van der Waals surface area contributed by atoms with Gasteiger partial charge in [0, 0.05) is 12.6 Å². The zero-order chi connectivity index (χ0) is 15.3. The van der Waals surface area contributed by atoms with Crippen LogP contribution < -0.4 is 10.9 Å². The molecular formula is C15H26ClN3O. The van der Waals surface area contributed by atoms with Gasteiger partial charge in [0.05, 0.1) is 11.9 Å². The number of hydrogen-bond donors (Lipinski definition) is 1. The summed E-state index contributed by atoms with van der Waals surface area (Å²) in [6, 6.07) is 0.275. The molecule has 0 aromatic carbocycles. The van der Waals surface area contributed by atoms with Crippen molar-refractivity contribution in [2.75, 3.05) is 5.32 Å². The molecule has 1 unspecified atom stereocenters. The molecule has 20 heavy (non-hydrogen) atoms. The number of aromatic nitrogens is 2. The van der Waals surface area contributed by atoms with Crippen LogP contribution in [-0.4, -0.2) is 15.8 Å². The van der Waals surface area contributed by atoms with Gasteiger partial charge in [-0.2, -0.15) is 5.10 Å². The SMILES string of the molecule is CC(C)CCC(C)Nc1cnn(CC(C)C)c(=O)c1Cl. The van der Waals surface area contributed by atoms with Crippen molar-refractivity contribution in [2.24, 2.45) is 11.8 Å². The highest BCUT2D eigenvalue weighted by molar-refractivity contribution is 6.32. The van der Waals surface area contributed by atoms with Gasteiger partial charge in [-0.25, -0.2) is 4.68 Å². The van der Waals surface area contributed by atoms with Crippen LogP contribution in [0.25, 0.3) is 0 Å². The molecule has 1 aromatic heterocycles. The van der Waals surface area contributed by atoms with Crippen molar-refractivity contribution < 1.29 is 0 Å². The van der Waals surface area contributed by atoms with E-state index in [1.54, 1.807) is 6.20 Å². The number of rotatable bonds is 7. The van der Waals surface area contributed by atoms with Crippen LogP contribution in [0.2, 0.25) is 5.02 Å². The van der Waals surface area contributed by atoms with Crippen LogP contribution in [0.1, 0.15) is 47.5 Å². The van der Waals surface area contributed by atoms with E-state index in [9.17, 15) is 4.79 Å². The molecule has 1 heterocycles. The smallest absolute Gasteiger partial charge is 0.287 e. The molecule has 1 atom stereocenters. The Morgan fingerprint density at radius 2 is 1.85 bits per heavy atom. The van der Waals surface area contributed by atoms with Crippen LogP contribution in [0.15, 0.2) is 11.0 Å². The van der Waals surface area contributed by atoms with Gasteiger partial charge in [-0.1, -0.05) is 39.3 Å². The molecule has 0 amide bonds. The third-order valence-corrected chi connectivity index (χ3v) is 3.47. The van der Waals surface area contributed by atoms with Crippen molar-refractivity contribution >= 4 is 17.3 Å². The van der Waals surface area contributed by atoms with Gasteiger partial charge in [0.2, 0.25) is 0 Å². The van der Waals surface area contributed by atoms with Crippen molar-refractivity contribution in [2.45, 2.75) is 60.0 Å². The molecule has 1 rings (SSSR count). The lowest BCUT2D eigenvalue weighted by Gasteiger charge is -2.17. The Kier molecular flexibility index (Phi) is 6.53.